The summed E-state index contributed by atoms with van der Waals surface area (Å²) in [4.78, 5) is 11.9. The highest BCUT2D eigenvalue weighted by Crippen LogP contribution is 2.09. The molecule has 0 spiro atoms. The van der Waals surface area contributed by atoms with Gasteiger partial charge in [-0.2, -0.15) is 0 Å². The summed E-state index contributed by atoms with van der Waals surface area (Å²) in [5.74, 6) is 0.229. The molecule has 1 atom stereocenters. The summed E-state index contributed by atoms with van der Waals surface area (Å²) in [6, 6.07) is 9.94. The number of ketones is 1. The summed E-state index contributed by atoms with van der Waals surface area (Å²) < 4.78 is 0. The first-order valence-corrected chi connectivity index (χ1v) is 7.56. The van der Waals surface area contributed by atoms with E-state index in [4.69, 9.17) is 5.73 Å². The third-order valence-electron chi connectivity index (χ3n) is 3.53. The number of carbonyl (C=O) groups is 1. The standard InChI is InChI=1S/C17H27NO.ClH/c1-2-3-4-5-9-12-17(19)16(18)14-13-15-10-7-6-8-11-15;/h6-8,10-11,16H,2-5,9,12-14,18H2,1H3;1H/t16-;/m0./s1. The van der Waals surface area contributed by atoms with E-state index in [1.165, 1.54) is 24.8 Å². The van der Waals surface area contributed by atoms with Crippen molar-refractivity contribution >= 4 is 18.2 Å². The number of aryl methyl sites for hydroxylation is 1. The molecule has 0 radical (unpaired) electrons. The monoisotopic (exact) mass is 297 g/mol. The number of rotatable bonds is 10. The molecule has 0 aliphatic heterocycles. The summed E-state index contributed by atoms with van der Waals surface area (Å²) >= 11 is 0. The largest absolute Gasteiger partial charge is 0.321 e. The number of hydrogen-bond acceptors (Lipinski definition) is 2. The highest BCUT2D eigenvalue weighted by atomic mass is 35.5. The van der Waals surface area contributed by atoms with E-state index in [1.54, 1.807) is 0 Å². The summed E-state index contributed by atoms with van der Waals surface area (Å²) in [7, 11) is 0. The van der Waals surface area contributed by atoms with E-state index < -0.39 is 0 Å². The number of hydrogen-bond donors (Lipinski definition) is 1. The maximum absolute atomic E-state index is 11.9. The Balaban J connectivity index is 0.00000361. The minimum absolute atomic E-state index is 0. The molecule has 1 rings (SSSR count). The maximum Gasteiger partial charge on any atom is 0.149 e. The molecular formula is C17H28ClNO. The average Bonchev–Trinajstić information content (AvgIpc) is 2.45. The van der Waals surface area contributed by atoms with E-state index in [0.29, 0.717) is 6.42 Å². The fourth-order valence-corrected chi connectivity index (χ4v) is 2.22. The molecule has 0 saturated carbocycles. The van der Waals surface area contributed by atoms with Crippen LogP contribution >= 0.6 is 12.4 Å². The van der Waals surface area contributed by atoms with Crippen molar-refractivity contribution in [1.82, 2.24) is 0 Å². The Morgan fingerprint density at radius 2 is 1.75 bits per heavy atom. The second-order valence-corrected chi connectivity index (χ2v) is 5.26. The van der Waals surface area contributed by atoms with Crippen molar-refractivity contribution in [1.29, 1.82) is 0 Å². The molecule has 20 heavy (non-hydrogen) atoms. The molecule has 0 saturated heterocycles. The predicted octanol–water partition coefficient (Wildman–Crippen LogP) is 4.30. The maximum atomic E-state index is 11.9. The van der Waals surface area contributed by atoms with Gasteiger partial charge in [-0.05, 0) is 24.8 Å². The topological polar surface area (TPSA) is 43.1 Å². The Kier molecular flexibility index (Phi) is 11.4. The SMILES string of the molecule is CCCCCCCC(=O)[C@@H](N)CCc1ccccc1.Cl. The van der Waals surface area contributed by atoms with E-state index in [2.05, 4.69) is 19.1 Å². The van der Waals surface area contributed by atoms with E-state index in [0.717, 1.165) is 25.7 Å². The van der Waals surface area contributed by atoms with Gasteiger partial charge in [-0.1, -0.05) is 62.9 Å². The summed E-state index contributed by atoms with van der Waals surface area (Å²) in [6.45, 7) is 2.20. The van der Waals surface area contributed by atoms with Crippen molar-refractivity contribution in [3.63, 3.8) is 0 Å². The minimum Gasteiger partial charge on any atom is -0.321 e. The van der Waals surface area contributed by atoms with Crippen LogP contribution in [0.5, 0.6) is 0 Å². The third-order valence-corrected chi connectivity index (χ3v) is 3.53. The number of carbonyl (C=O) groups excluding carboxylic acids is 1. The second-order valence-electron chi connectivity index (χ2n) is 5.26. The Hall–Kier alpha value is -0.860. The first kappa shape index (κ1) is 19.1. The van der Waals surface area contributed by atoms with Crippen LogP contribution in [0, 0.1) is 0 Å². The lowest BCUT2D eigenvalue weighted by Gasteiger charge is -2.10. The van der Waals surface area contributed by atoms with Gasteiger partial charge in [-0.3, -0.25) is 4.79 Å². The highest BCUT2D eigenvalue weighted by Gasteiger charge is 2.12. The number of halogens is 1. The van der Waals surface area contributed by atoms with Crippen molar-refractivity contribution in [2.24, 2.45) is 5.73 Å². The van der Waals surface area contributed by atoms with Gasteiger partial charge in [0.1, 0.15) is 5.78 Å². The summed E-state index contributed by atoms with van der Waals surface area (Å²) in [6.07, 6.45) is 8.21. The van der Waals surface area contributed by atoms with Gasteiger partial charge in [0.05, 0.1) is 6.04 Å². The lowest BCUT2D eigenvalue weighted by Crippen LogP contribution is -2.30. The van der Waals surface area contributed by atoms with Gasteiger partial charge in [0.25, 0.3) is 0 Å². The van der Waals surface area contributed by atoms with Crippen LogP contribution in [0.2, 0.25) is 0 Å². The van der Waals surface area contributed by atoms with Crippen LogP contribution in [0.1, 0.15) is 57.4 Å². The van der Waals surface area contributed by atoms with Crippen LogP contribution in [-0.2, 0) is 11.2 Å². The van der Waals surface area contributed by atoms with Gasteiger partial charge in [0.2, 0.25) is 0 Å². The first-order valence-electron chi connectivity index (χ1n) is 7.56. The van der Waals surface area contributed by atoms with Gasteiger partial charge in [0, 0.05) is 6.42 Å². The van der Waals surface area contributed by atoms with E-state index in [9.17, 15) is 4.79 Å². The molecule has 0 aliphatic rings. The Labute approximate surface area is 129 Å². The first-order chi connectivity index (χ1) is 9.24. The van der Waals surface area contributed by atoms with Crippen LogP contribution in [0.15, 0.2) is 30.3 Å². The van der Waals surface area contributed by atoms with Crippen LogP contribution in [0.25, 0.3) is 0 Å². The third kappa shape index (κ3) is 8.34. The molecule has 1 aromatic carbocycles. The minimum atomic E-state index is -0.286. The van der Waals surface area contributed by atoms with Crippen LogP contribution < -0.4 is 5.73 Å². The molecule has 0 amide bonds. The predicted molar refractivity (Wildman–Crippen MR) is 88.4 cm³/mol. The second kappa shape index (κ2) is 11.9. The zero-order valence-corrected chi connectivity index (χ0v) is 13.3. The zero-order chi connectivity index (χ0) is 13.9. The van der Waals surface area contributed by atoms with Crippen molar-refractivity contribution in [2.45, 2.75) is 64.3 Å². The Morgan fingerprint density at radius 3 is 2.40 bits per heavy atom. The molecule has 0 aliphatic carbocycles. The van der Waals surface area contributed by atoms with Crippen LogP contribution in [-0.4, -0.2) is 11.8 Å². The molecule has 0 aromatic heterocycles. The summed E-state index contributed by atoms with van der Waals surface area (Å²) in [5.41, 5.74) is 7.21. The van der Waals surface area contributed by atoms with Crippen molar-refractivity contribution in [2.75, 3.05) is 0 Å². The number of Topliss-reactive ketones (excluding diaryl/α,β-unsaturated/α-hetero) is 1. The van der Waals surface area contributed by atoms with Crippen LogP contribution in [0.3, 0.4) is 0 Å². The molecule has 0 heterocycles. The fourth-order valence-electron chi connectivity index (χ4n) is 2.22. The quantitative estimate of drug-likeness (QED) is 0.654. The molecule has 1 aromatic rings. The normalized spacial score (nSPS) is 11.7. The van der Waals surface area contributed by atoms with E-state index >= 15 is 0 Å². The summed E-state index contributed by atoms with van der Waals surface area (Å²) in [5, 5.41) is 0. The smallest absolute Gasteiger partial charge is 0.149 e. The highest BCUT2D eigenvalue weighted by molar-refractivity contribution is 5.85. The molecule has 0 unspecified atom stereocenters. The van der Waals surface area contributed by atoms with Gasteiger partial charge >= 0.3 is 0 Å². The molecule has 114 valence electrons. The molecular weight excluding hydrogens is 270 g/mol. The molecule has 0 fully saturated rings. The van der Waals surface area contributed by atoms with Crippen molar-refractivity contribution in [3.8, 4) is 0 Å². The van der Waals surface area contributed by atoms with Crippen molar-refractivity contribution in [3.05, 3.63) is 35.9 Å². The fraction of sp³-hybridized carbons (Fsp3) is 0.588. The molecule has 3 heteroatoms. The number of benzene rings is 1. The number of unbranched alkanes of at least 4 members (excludes halogenated alkanes) is 4. The Bertz CT molecular complexity index is 353. The molecule has 2 N–H and O–H groups in total. The lowest BCUT2D eigenvalue weighted by atomic mass is 9.99. The zero-order valence-electron chi connectivity index (χ0n) is 12.5. The van der Waals surface area contributed by atoms with Crippen molar-refractivity contribution < 1.29 is 4.79 Å². The van der Waals surface area contributed by atoms with Gasteiger partial charge < -0.3 is 5.73 Å². The van der Waals surface area contributed by atoms with E-state index in [1.807, 2.05) is 18.2 Å². The molecule has 2 nitrogen and oxygen atoms in total. The Morgan fingerprint density at radius 1 is 1.10 bits per heavy atom. The number of nitrogens with two attached hydrogens (primary N) is 1. The van der Waals surface area contributed by atoms with Gasteiger partial charge in [-0.25, -0.2) is 0 Å². The van der Waals surface area contributed by atoms with E-state index in [-0.39, 0.29) is 24.2 Å². The lowest BCUT2D eigenvalue weighted by molar-refractivity contribution is -0.120. The molecule has 0 bridgehead atoms. The average molecular weight is 298 g/mol. The van der Waals surface area contributed by atoms with Gasteiger partial charge in [-0.15, -0.1) is 12.4 Å². The van der Waals surface area contributed by atoms with Gasteiger partial charge in [0.15, 0.2) is 0 Å². The van der Waals surface area contributed by atoms with Crippen LogP contribution in [0.4, 0.5) is 0 Å².